The molecule has 0 spiro atoms. The predicted molar refractivity (Wildman–Crippen MR) is 56.4 cm³/mol. The van der Waals surface area contributed by atoms with Crippen LogP contribution in [0.2, 0.25) is 15.1 Å². The quantitative estimate of drug-likeness (QED) is 0.446. The fourth-order valence-electron chi connectivity index (χ4n) is 1.12. The van der Waals surface area contributed by atoms with Crippen LogP contribution in [0, 0.1) is 5.21 Å². The van der Waals surface area contributed by atoms with Crippen molar-refractivity contribution in [1.29, 1.82) is 0 Å². The van der Waals surface area contributed by atoms with Crippen molar-refractivity contribution in [2.24, 2.45) is 0 Å². The Morgan fingerprint density at radius 2 is 2.00 bits per heavy atom. The van der Waals surface area contributed by atoms with Crippen LogP contribution in [0.25, 0.3) is 10.9 Å². The molecule has 0 aliphatic rings. The number of rotatable bonds is 0. The summed E-state index contributed by atoms with van der Waals surface area (Å²) in [5.74, 6) is 0. The number of hydrogen-bond acceptors (Lipinski definition) is 3. The summed E-state index contributed by atoms with van der Waals surface area (Å²) in [4.78, 5) is 11.4. The summed E-state index contributed by atoms with van der Waals surface area (Å²) in [6, 6.07) is 1.30. The van der Waals surface area contributed by atoms with Crippen molar-refractivity contribution in [2.75, 3.05) is 0 Å². The highest BCUT2D eigenvalue weighted by atomic mass is 35.5. The fourth-order valence-corrected chi connectivity index (χ4v) is 1.76. The summed E-state index contributed by atoms with van der Waals surface area (Å²) in [6.07, 6.45) is 0. The third-order valence-corrected chi connectivity index (χ3v) is 3.02. The molecule has 78 valence electrons. The smallest absolute Gasteiger partial charge is 0.311 e. The van der Waals surface area contributed by atoms with Gasteiger partial charge >= 0.3 is 5.56 Å². The van der Waals surface area contributed by atoms with Crippen LogP contribution in [0.4, 0.5) is 0 Å². The zero-order valence-corrected chi connectivity index (χ0v) is 9.19. The van der Waals surface area contributed by atoms with Crippen LogP contribution in [0.15, 0.2) is 10.9 Å². The van der Waals surface area contributed by atoms with Crippen LogP contribution in [-0.2, 0) is 0 Å². The van der Waals surface area contributed by atoms with Crippen LogP contribution in [0.1, 0.15) is 0 Å². The molecule has 5 nitrogen and oxygen atoms in total. The van der Waals surface area contributed by atoms with E-state index in [2.05, 4.69) is 5.10 Å². The second kappa shape index (κ2) is 3.52. The number of nitrogens with zero attached hydrogens (tertiary/aromatic N) is 2. The van der Waals surface area contributed by atoms with Crippen molar-refractivity contribution in [3.8, 4) is 0 Å². The monoisotopic (exact) mass is 265 g/mol. The third-order valence-electron chi connectivity index (χ3n) is 1.77. The van der Waals surface area contributed by atoms with Gasteiger partial charge in [-0.25, -0.2) is 0 Å². The first-order chi connectivity index (χ1) is 7.00. The molecule has 0 amide bonds. The van der Waals surface area contributed by atoms with E-state index in [4.69, 9.17) is 34.8 Å². The molecule has 1 aromatic carbocycles. The van der Waals surface area contributed by atoms with Crippen LogP contribution >= 0.6 is 34.8 Å². The van der Waals surface area contributed by atoms with E-state index in [-0.39, 0.29) is 30.9 Å². The summed E-state index contributed by atoms with van der Waals surface area (Å²) in [5.41, 5.74) is -0.611. The van der Waals surface area contributed by atoms with Gasteiger partial charge in [-0.2, -0.15) is 0 Å². The molecule has 0 aliphatic carbocycles. The minimum absolute atomic E-state index is 0.0147. The lowest BCUT2D eigenvalue weighted by atomic mass is 10.2. The van der Waals surface area contributed by atoms with Gasteiger partial charge in [0.05, 0.1) is 20.5 Å². The normalized spacial score (nSPS) is 10.9. The predicted octanol–water partition coefficient (Wildman–Crippen LogP) is 1.52. The number of fused-ring (bicyclic) bond motifs is 1. The Morgan fingerprint density at radius 1 is 1.33 bits per heavy atom. The van der Waals surface area contributed by atoms with Gasteiger partial charge in [0, 0.05) is 10.1 Å². The van der Waals surface area contributed by atoms with E-state index in [1.54, 1.807) is 0 Å². The van der Waals surface area contributed by atoms with E-state index in [9.17, 15) is 10.0 Å². The summed E-state index contributed by atoms with van der Waals surface area (Å²) in [5, 5.41) is 16.5. The second-order valence-electron chi connectivity index (χ2n) is 2.70. The zero-order chi connectivity index (χ0) is 11.2. The summed E-state index contributed by atoms with van der Waals surface area (Å²) in [6.45, 7) is 0. The summed E-state index contributed by atoms with van der Waals surface area (Å²) < 4.78 is 0. The van der Waals surface area contributed by atoms with Gasteiger partial charge in [-0.3, -0.25) is 4.79 Å². The van der Waals surface area contributed by atoms with E-state index in [1.165, 1.54) is 6.07 Å². The van der Waals surface area contributed by atoms with E-state index in [0.29, 0.717) is 0 Å². The fraction of sp³-hybridized carbons (Fsp3) is 0. The maximum Gasteiger partial charge on any atom is 0.311 e. The third kappa shape index (κ3) is 1.62. The molecule has 2 rings (SSSR count). The molecule has 8 heteroatoms. The number of hydrogen-bond donors (Lipinski definition) is 1. The Morgan fingerprint density at radius 3 is 2.67 bits per heavy atom. The number of benzene rings is 1. The van der Waals surface area contributed by atoms with Crippen molar-refractivity contribution in [3.63, 3.8) is 0 Å². The molecule has 0 radical (unpaired) electrons. The average Bonchev–Trinajstić information content (AvgIpc) is 2.17. The number of aromatic nitrogens is 3. The van der Waals surface area contributed by atoms with Gasteiger partial charge in [-0.15, -0.1) is 0 Å². The van der Waals surface area contributed by atoms with Gasteiger partial charge in [-0.05, 0) is 6.07 Å². The van der Waals surface area contributed by atoms with E-state index < -0.39 is 5.56 Å². The molecule has 2 aromatic rings. The second-order valence-corrected chi connectivity index (χ2v) is 3.86. The molecule has 0 aliphatic heterocycles. The lowest BCUT2D eigenvalue weighted by Gasteiger charge is -2.01. The van der Waals surface area contributed by atoms with E-state index in [1.807, 2.05) is 5.10 Å². The zero-order valence-electron chi connectivity index (χ0n) is 6.92. The lowest BCUT2D eigenvalue weighted by molar-refractivity contribution is -0.727. The van der Waals surface area contributed by atoms with Gasteiger partial charge < -0.3 is 5.21 Å². The van der Waals surface area contributed by atoms with Gasteiger partial charge in [0.2, 0.25) is 0 Å². The van der Waals surface area contributed by atoms with Crippen molar-refractivity contribution in [1.82, 2.24) is 10.2 Å². The van der Waals surface area contributed by atoms with E-state index >= 15 is 0 Å². The standard InChI is InChI=1S/C7H2Cl3N3O2/c8-3-1-2-6(5(10)4(3)9)11-13(15)12-7(2)14/h1H,(H,11,12,14). The number of H-pyrrole nitrogens is 1. The molecule has 1 heterocycles. The first-order valence-electron chi connectivity index (χ1n) is 3.68. The molecular weight excluding hydrogens is 264 g/mol. The topological polar surface area (TPSA) is 72.7 Å². The summed E-state index contributed by atoms with van der Waals surface area (Å²) in [7, 11) is 0. The van der Waals surface area contributed by atoms with Crippen molar-refractivity contribution in [3.05, 3.63) is 36.7 Å². The molecule has 0 saturated carbocycles. The SMILES string of the molecule is O=c1[nH][n+]([O-])nc2c(Cl)c(Cl)c(Cl)cc12. The minimum atomic E-state index is -0.629. The molecule has 1 N–H and O–H groups in total. The average molecular weight is 266 g/mol. The molecular formula is C7H2Cl3N3O2. The highest BCUT2D eigenvalue weighted by Crippen LogP contribution is 2.33. The molecule has 0 bridgehead atoms. The first-order valence-corrected chi connectivity index (χ1v) is 4.81. The number of halogens is 3. The number of nitrogens with one attached hydrogen (secondary N) is 1. The largest absolute Gasteiger partial charge is 0.571 e. The Labute approximate surface area is 97.7 Å². The number of aromatic amines is 1. The van der Waals surface area contributed by atoms with Gasteiger partial charge in [-0.1, -0.05) is 39.9 Å². The molecule has 0 atom stereocenters. The van der Waals surface area contributed by atoms with Crippen molar-refractivity contribution < 1.29 is 4.96 Å². The molecule has 0 unspecified atom stereocenters. The minimum Gasteiger partial charge on any atom is -0.571 e. The Balaban J connectivity index is 3.05. The maximum absolute atomic E-state index is 11.3. The lowest BCUT2D eigenvalue weighted by Crippen LogP contribution is -2.41. The van der Waals surface area contributed by atoms with E-state index in [0.717, 1.165) is 0 Å². The molecule has 15 heavy (non-hydrogen) atoms. The molecule has 0 saturated heterocycles. The highest BCUT2D eigenvalue weighted by Gasteiger charge is 2.15. The highest BCUT2D eigenvalue weighted by molar-refractivity contribution is 6.50. The summed E-state index contributed by atoms with van der Waals surface area (Å²) >= 11 is 17.2. The molecule has 1 aromatic heterocycles. The van der Waals surface area contributed by atoms with Crippen molar-refractivity contribution in [2.45, 2.75) is 0 Å². The van der Waals surface area contributed by atoms with Crippen LogP contribution in [-0.4, -0.2) is 10.2 Å². The molecule has 0 fully saturated rings. The Hall–Kier alpha value is -1.04. The van der Waals surface area contributed by atoms with Crippen molar-refractivity contribution >= 4 is 45.7 Å². The Bertz CT molecular complexity index is 610. The van der Waals surface area contributed by atoms with Crippen LogP contribution in [0.3, 0.4) is 0 Å². The Kier molecular flexibility index (Phi) is 2.46. The van der Waals surface area contributed by atoms with Gasteiger partial charge in [0.25, 0.3) is 0 Å². The van der Waals surface area contributed by atoms with Gasteiger partial charge in [0.1, 0.15) is 0 Å². The van der Waals surface area contributed by atoms with Gasteiger partial charge in [0.15, 0.2) is 5.52 Å². The maximum atomic E-state index is 11.3. The van der Waals surface area contributed by atoms with Crippen LogP contribution < -0.4 is 10.5 Å². The first kappa shape index (κ1) is 10.5. The van der Waals surface area contributed by atoms with Crippen LogP contribution in [0.5, 0.6) is 0 Å².